The first-order chi connectivity index (χ1) is 10.6. The van der Waals surface area contributed by atoms with Crippen LogP contribution in [-0.2, 0) is 19.1 Å². The van der Waals surface area contributed by atoms with Gasteiger partial charge in [-0.25, -0.2) is 0 Å². The Labute approximate surface area is 135 Å². The van der Waals surface area contributed by atoms with Crippen LogP contribution in [0.4, 0.5) is 0 Å². The second-order valence-electron chi connectivity index (χ2n) is 4.57. The van der Waals surface area contributed by atoms with E-state index in [1.54, 1.807) is 24.3 Å². The van der Waals surface area contributed by atoms with Gasteiger partial charge >= 0.3 is 11.9 Å². The average molecular weight is 329 g/mol. The molecule has 0 saturated carbocycles. The van der Waals surface area contributed by atoms with Gasteiger partial charge in [0.05, 0.1) is 24.5 Å². The Morgan fingerprint density at radius 3 is 2.27 bits per heavy atom. The van der Waals surface area contributed by atoms with E-state index < -0.39 is 5.97 Å². The normalized spacial score (nSPS) is 10.1. The van der Waals surface area contributed by atoms with Crippen molar-refractivity contribution in [2.24, 2.45) is 0 Å². The number of benzene rings is 1. The third kappa shape index (κ3) is 7.88. The number of para-hydroxylation sites is 1. The van der Waals surface area contributed by atoms with Crippen LogP contribution in [0.1, 0.15) is 32.6 Å². The molecule has 0 bridgehead atoms. The van der Waals surface area contributed by atoms with Gasteiger partial charge in [-0.1, -0.05) is 37.1 Å². The number of carbonyl (C=O) groups excluding carboxylic acids is 2. The largest absolute Gasteiger partial charge is 0.488 e. The minimum absolute atomic E-state index is 0.0110. The van der Waals surface area contributed by atoms with E-state index in [0.29, 0.717) is 17.4 Å². The van der Waals surface area contributed by atoms with Crippen molar-refractivity contribution in [2.45, 2.75) is 32.6 Å². The van der Waals surface area contributed by atoms with Crippen LogP contribution in [0.3, 0.4) is 0 Å². The molecule has 0 saturated heterocycles. The molecular formula is C16H21ClO5. The van der Waals surface area contributed by atoms with Crippen molar-refractivity contribution in [2.75, 3.05) is 19.8 Å². The van der Waals surface area contributed by atoms with Crippen molar-refractivity contribution < 1.29 is 23.8 Å². The Hall–Kier alpha value is -1.75. The maximum Gasteiger partial charge on any atom is 0.306 e. The van der Waals surface area contributed by atoms with Gasteiger partial charge in [0.1, 0.15) is 19.0 Å². The molecule has 0 N–H and O–H groups in total. The number of hydrogen-bond acceptors (Lipinski definition) is 5. The monoisotopic (exact) mass is 328 g/mol. The molecule has 122 valence electrons. The Bertz CT molecular complexity index is 475. The Balaban J connectivity index is 2.08. The standard InChI is InChI=1S/C16H21ClO5/c1-2-3-10-21-15(18)8-9-16(19)22-12-11-20-14-7-5-4-6-13(14)17/h4-7H,2-3,8-12H2,1H3. The Morgan fingerprint density at radius 1 is 1.00 bits per heavy atom. The lowest BCUT2D eigenvalue weighted by molar-refractivity contribution is -0.150. The zero-order valence-electron chi connectivity index (χ0n) is 12.7. The van der Waals surface area contributed by atoms with Crippen LogP contribution in [-0.4, -0.2) is 31.8 Å². The number of ether oxygens (including phenoxy) is 3. The lowest BCUT2D eigenvalue weighted by atomic mass is 10.3. The average Bonchev–Trinajstić information content (AvgIpc) is 2.51. The van der Waals surface area contributed by atoms with Gasteiger partial charge in [0.25, 0.3) is 0 Å². The minimum atomic E-state index is -0.449. The molecule has 6 heteroatoms. The van der Waals surface area contributed by atoms with E-state index in [-0.39, 0.29) is 32.0 Å². The Kier molecular flexibility index (Phi) is 9.07. The highest BCUT2D eigenvalue weighted by molar-refractivity contribution is 6.32. The molecule has 0 aromatic heterocycles. The van der Waals surface area contributed by atoms with Gasteiger partial charge in [-0.2, -0.15) is 0 Å². The van der Waals surface area contributed by atoms with Crippen LogP contribution in [0, 0.1) is 0 Å². The molecule has 0 aliphatic rings. The van der Waals surface area contributed by atoms with Gasteiger partial charge in [0.2, 0.25) is 0 Å². The summed E-state index contributed by atoms with van der Waals surface area (Å²) in [6.07, 6.45) is 1.83. The fourth-order valence-electron chi connectivity index (χ4n) is 1.55. The number of rotatable bonds is 10. The fourth-order valence-corrected chi connectivity index (χ4v) is 1.74. The maximum atomic E-state index is 11.4. The molecule has 0 radical (unpaired) electrons. The second kappa shape index (κ2) is 10.9. The summed E-state index contributed by atoms with van der Waals surface area (Å²) in [4.78, 5) is 22.7. The zero-order chi connectivity index (χ0) is 16.2. The highest BCUT2D eigenvalue weighted by atomic mass is 35.5. The first kappa shape index (κ1) is 18.3. The molecule has 0 atom stereocenters. The molecule has 0 fully saturated rings. The van der Waals surface area contributed by atoms with E-state index in [9.17, 15) is 9.59 Å². The minimum Gasteiger partial charge on any atom is -0.488 e. The molecule has 0 heterocycles. The molecule has 0 unspecified atom stereocenters. The van der Waals surface area contributed by atoms with E-state index in [4.69, 9.17) is 25.8 Å². The molecule has 0 aliphatic carbocycles. The van der Waals surface area contributed by atoms with Crippen LogP contribution in [0.15, 0.2) is 24.3 Å². The van der Waals surface area contributed by atoms with Gasteiger partial charge in [-0.3, -0.25) is 9.59 Å². The highest BCUT2D eigenvalue weighted by Gasteiger charge is 2.09. The van der Waals surface area contributed by atoms with Crippen LogP contribution in [0.2, 0.25) is 5.02 Å². The molecule has 0 amide bonds. The van der Waals surface area contributed by atoms with Gasteiger partial charge in [0.15, 0.2) is 0 Å². The van der Waals surface area contributed by atoms with Crippen molar-refractivity contribution in [3.05, 3.63) is 29.3 Å². The summed E-state index contributed by atoms with van der Waals surface area (Å²) in [6.45, 7) is 2.72. The van der Waals surface area contributed by atoms with Gasteiger partial charge in [-0.05, 0) is 18.6 Å². The fraction of sp³-hybridized carbons (Fsp3) is 0.500. The molecule has 1 aromatic rings. The molecular weight excluding hydrogens is 308 g/mol. The molecule has 22 heavy (non-hydrogen) atoms. The summed E-state index contributed by atoms with van der Waals surface area (Å²) in [5.74, 6) is -0.285. The maximum absolute atomic E-state index is 11.4. The molecule has 0 spiro atoms. The quantitative estimate of drug-likeness (QED) is 0.486. The highest BCUT2D eigenvalue weighted by Crippen LogP contribution is 2.22. The van der Waals surface area contributed by atoms with E-state index in [1.807, 2.05) is 6.92 Å². The van der Waals surface area contributed by atoms with Crippen LogP contribution >= 0.6 is 11.6 Å². The van der Waals surface area contributed by atoms with Crippen LogP contribution < -0.4 is 4.74 Å². The topological polar surface area (TPSA) is 61.8 Å². The summed E-state index contributed by atoms with van der Waals surface area (Å²) in [6, 6.07) is 7.05. The summed E-state index contributed by atoms with van der Waals surface area (Å²) in [5, 5.41) is 0.503. The summed E-state index contributed by atoms with van der Waals surface area (Å²) < 4.78 is 15.3. The van der Waals surface area contributed by atoms with Crippen molar-refractivity contribution in [1.29, 1.82) is 0 Å². The number of hydrogen-bond donors (Lipinski definition) is 0. The zero-order valence-corrected chi connectivity index (χ0v) is 13.4. The second-order valence-corrected chi connectivity index (χ2v) is 4.98. The van der Waals surface area contributed by atoms with Crippen molar-refractivity contribution in [3.8, 4) is 5.75 Å². The van der Waals surface area contributed by atoms with Crippen molar-refractivity contribution in [1.82, 2.24) is 0 Å². The number of esters is 2. The lowest BCUT2D eigenvalue weighted by Crippen LogP contribution is -2.14. The third-order valence-corrected chi connectivity index (χ3v) is 3.05. The summed E-state index contributed by atoms with van der Waals surface area (Å²) in [7, 11) is 0. The molecule has 5 nitrogen and oxygen atoms in total. The van der Waals surface area contributed by atoms with E-state index in [0.717, 1.165) is 12.8 Å². The molecule has 1 rings (SSSR count). The lowest BCUT2D eigenvalue weighted by Gasteiger charge is -2.08. The Morgan fingerprint density at radius 2 is 1.64 bits per heavy atom. The molecule has 1 aromatic carbocycles. The first-order valence-electron chi connectivity index (χ1n) is 7.32. The van der Waals surface area contributed by atoms with Crippen LogP contribution in [0.25, 0.3) is 0 Å². The summed E-state index contributed by atoms with van der Waals surface area (Å²) in [5.41, 5.74) is 0. The number of carbonyl (C=O) groups is 2. The van der Waals surface area contributed by atoms with Crippen LogP contribution in [0.5, 0.6) is 5.75 Å². The van der Waals surface area contributed by atoms with Gasteiger partial charge in [-0.15, -0.1) is 0 Å². The summed E-state index contributed by atoms with van der Waals surface area (Å²) >= 11 is 5.92. The third-order valence-electron chi connectivity index (χ3n) is 2.73. The van der Waals surface area contributed by atoms with E-state index >= 15 is 0 Å². The predicted octanol–water partition coefficient (Wildman–Crippen LogP) is 3.39. The molecule has 0 aliphatic heterocycles. The van der Waals surface area contributed by atoms with Gasteiger partial charge < -0.3 is 14.2 Å². The van der Waals surface area contributed by atoms with E-state index in [2.05, 4.69) is 0 Å². The SMILES string of the molecule is CCCCOC(=O)CCC(=O)OCCOc1ccccc1Cl. The van der Waals surface area contributed by atoms with E-state index in [1.165, 1.54) is 0 Å². The van der Waals surface area contributed by atoms with Crippen molar-refractivity contribution >= 4 is 23.5 Å². The van der Waals surface area contributed by atoms with Crippen molar-refractivity contribution in [3.63, 3.8) is 0 Å². The smallest absolute Gasteiger partial charge is 0.306 e. The number of unbranched alkanes of at least 4 members (excludes halogenated alkanes) is 1. The van der Waals surface area contributed by atoms with Gasteiger partial charge in [0, 0.05) is 0 Å². The number of halogens is 1. The predicted molar refractivity (Wildman–Crippen MR) is 83.0 cm³/mol. The first-order valence-corrected chi connectivity index (χ1v) is 7.70.